The van der Waals surface area contributed by atoms with Gasteiger partial charge in [-0.05, 0) is 61.4 Å². The summed E-state index contributed by atoms with van der Waals surface area (Å²) < 4.78 is 5.12. The van der Waals surface area contributed by atoms with E-state index in [9.17, 15) is 9.59 Å². The third-order valence-corrected chi connectivity index (χ3v) is 5.02. The lowest BCUT2D eigenvalue weighted by atomic mass is 10.1. The minimum atomic E-state index is -0.304. The maximum atomic E-state index is 13.1. The third-order valence-electron chi connectivity index (χ3n) is 5.02. The highest BCUT2D eigenvalue weighted by Crippen LogP contribution is 2.32. The molecule has 2 heterocycles. The lowest BCUT2D eigenvalue weighted by Gasteiger charge is -2.22. The average Bonchev–Trinajstić information content (AvgIpc) is 3.09. The molecule has 1 aromatic heterocycles. The largest absolute Gasteiger partial charge is 0.497 e. The Labute approximate surface area is 169 Å². The first-order chi connectivity index (χ1) is 14.1. The normalized spacial score (nSPS) is 15.0. The number of anilines is 2. The number of carbonyl (C=O) groups excluding carboxylic acids is 2. The molecule has 0 saturated heterocycles. The number of para-hydroxylation sites is 1. The van der Waals surface area contributed by atoms with E-state index >= 15 is 0 Å². The summed E-state index contributed by atoms with van der Waals surface area (Å²) in [5.74, 6) is 0.197. The van der Waals surface area contributed by atoms with Crippen LogP contribution in [0.1, 0.15) is 33.3 Å². The van der Waals surface area contributed by atoms with E-state index in [2.05, 4.69) is 10.3 Å². The molecule has 2 amide bonds. The molecule has 146 valence electrons. The van der Waals surface area contributed by atoms with Gasteiger partial charge in [-0.25, -0.2) is 0 Å². The number of pyridine rings is 1. The molecule has 3 aromatic rings. The SMILES string of the molecule is COc1ccc(NC(=O)c2ccnc(C(=O)N3c4ccccc4CC3C)c2)cc1. The first-order valence-corrected chi connectivity index (χ1v) is 9.40. The van der Waals surface area contributed by atoms with Gasteiger partial charge in [-0.3, -0.25) is 14.6 Å². The van der Waals surface area contributed by atoms with Crippen LogP contribution in [0.5, 0.6) is 5.75 Å². The molecule has 0 fully saturated rings. The monoisotopic (exact) mass is 387 g/mol. The Balaban J connectivity index is 1.55. The van der Waals surface area contributed by atoms with Crippen LogP contribution in [0.25, 0.3) is 0 Å². The molecule has 2 aromatic carbocycles. The van der Waals surface area contributed by atoms with Crippen molar-refractivity contribution in [2.45, 2.75) is 19.4 Å². The second-order valence-corrected chi connectivity index (χ2v) is 6.97. The molecule has 1 aliphatic heterocycles. The fourth-order valence-corrected chi connectivity index (χ4v) is 3.56. The number of hydrogen-bond acceptors (Lipinski definition) is 4. The number of nitrogens with one attached hydrogen (secondary N) is 1. The van der Waals surface area contributed by atoms with Gasteiger partial charge < -0.3 is 15.0 Å². The van der Waals surface area contributed by atoms with Gasteiger partial charge in [0.05, 0.1) is 7.11 Å². The molecule has 0 bridgehead atoms. The Hall–Kier alpha value is -3.67. The van der Waals surface area contributed by atoms with Crippen molar-refractivity contribution < 1.29 is 14.3 Å². The highest BCUT2D eigenvalue weighted by atomic mass is 16.5. The smallest absolute Gasteiger partial charge is 0.277 e. The van der Waals surface area contributed by atoms with Gasteiger partial charge in [0.15, 0.2) is 0 Å². The number of carbonyl (C=O) groups is 2. The molecule has 0 aliphatic carbocycles. The van der Waals surface area contributed by atoms with Gasteiger partial charge in [-0.15, -0.1) is 0 Å². The molecule has 6 heteroatoms. The van der Waals surface area contributed by atoms with Crippen molar-refractivity contribution in [3.8, 4) is 5.75 Å². The molecule has 1 aliphatic rings. The summed E-state index contributed by atoms with van der Waals surface area (Å²) in [7, 11) is 1.59. The zero-order valence-corrected chi connectivity index (χ0v) is 16.3. The number of methoxy groups -OCH3 is 1. The molecule has 1 unspecified atom stereocenters. The predicted molar refractivity (Wildman–Crippen MR) is 112 cm³/mol. The van der Waals surface area contributed by atoms with Crippen LogP contribution in [-0.2, 0) is 6.42 Å². The van der Waals surface area contributed by atoms with Crippen molar-refractivity contribution in [2.75, 3.05) is 17.3 Å². The fraction of sp³-hybridized carbons (Fsp3) is 0.174. The number of amides is 2. The van der Waals surface area contributed by atoms with Crippen molar-refractivity contribution in [2.24, 2.45) is 0 Å². The van der Waals surface area contributed by atoms with Gasteiger partial charge in [0.1, 0.15) is 11.4 Å². The van der Waals surface area contributed by atoms with Crippen molar-refractivity contribution in [3.63, 3.8) is 0 Å². The quantitative estimate of drug-likeness (QED) is 0.736. The predicted octanol–water partition coefficient (Wildman–Crippen LogP) is 3.93. The van der Waals surface area contributed by atoms with E-state index in [1.807, 2.05) is 31.2 Å². The highest BCUT2D eigenvalue weighted by Gasteiger charge is 2.32. The van der Waals surface area contributed by atoms with E-state index in [1.165, 1.54) is 12.3 Å². The summed E-state index contributed by atoms with van der Waals surface area (Å²) in [6.07, 6.45) is 2.29. The Bertz CT molecular complexity index is 1060. The van der Waals surface area contributed by atoms with Crippen LogP contribution in [0.2, 0.25) is 0 Å². The van der Waals surface area contributed by atoms with E-state index in [-0.39, 0.29) is 23.6 Å². The Morgan fingerprint density at radius 1 is 1.10 bits per heavy atom. The van der Waals surface area contributed by atoms with Crippen LogP contribution >= 0.6 is 0 Å². The zero-order valence-electron chi connectivity index (χ0n) is 16.3. The van der Waals surface area contributed by atoms with E-state index < -0.39 is 0 Å². The van der Waals surface area contributed by atoms with E-state index in [0.717, 1.165) is 17.7 Å². The van der Waals surface area contributed by atoms with E-state index in [4.69, 9.17) is 4.74 Å². The van der Waals surface area contributed by atoms with Crippen LogP contribution in [0.4, 0.5) is 11.4 Å². The Morgan fingerprint density at radius 2 is 1.86 bits per heavy atom. The average molecular weight is 387 g/mol. The number of benzene rings is 2. The lowest BCUT2D eigenvalue weighted by Crippen LogP contribution is -2.36. The molecule has 29 heavy (non-hydrogen) atoms. The fourth-order valence-electron chi connectivity index (χ4n) is 3.56. The number of hydrogen-bond donors (Lipinski definition) is 1. The summed E-state index contributed by atoms with van der Waals surface area (Å²) in [6.45, 7) is 2.01. The second kappa shape index (κ2) is 7.75. The molecule has 6 nitrogen and oxygen atoms in total. The summed E-state index contributed by atoms with van der Waals surface area (Å²) in [5.41, 5.74) is 3.31. The Kier molecular flexibility index (Phi) is 4.99. The van der Waals surface area contributed by atoms with Crippen molar-refractivity contribution in [1.29, 1.82) is 0 Å². The van der Waals surface area contributed by atoms with Gasteiger partial charge in [-0.1, -0.05) is 18.2 Å². The molecule has 1 N–H and O–H groups in total. The number of aromatic nitrogens is 1. The van der Waals surface area contributed by atoms with Crippen molar-refractivity contribution in [3.05, 3.63) is 83.7 Å². The van der Waals surface area contributed by atoms with Crippen LogP contribution in [0, 0.1) is 0 Å². The van der Waals surface area contributed by atoms with Crippen molar-refractivity contribution in [1.82, 2.24) is 4.98 Å². The minimum absolute atomic E-state index is 0.0403. The van der Waals surface area contributed by atoms with Gasteiger partial charge in [0.25, 0.3) is 11.8 Å². The zero-order chi connectivity index (χ0) is 20.4. The van der Waals surface area contributed by atoms with E-state index in [0.29, 0.717) is 17.0 Å². The topological polar surface area (TPSA) is 71.5 Å². The molecule has 4 rings (SSSR count). The summed E-state index contributed by atoms with van der Waals surface area (Å²) in [5, 5.41) is 2.82. The molecule has 0 spiro atoms. The van der Waals surface area contributed by atoms with Crippen LogP contribution < -0.4 is 15.0 Å². The first kappa shape index (κ1) is 18.7. The maximum absolute atomic E-state index is 13.1. The van der Waals surface area contributed by atoms with Crippen LogP contribution in [-0.4, -0.2) is 29.9 Å². The second-order valence-electron chi connectivity index (χ2n) is 6.97. The number of rotatable bonds is 4. The number of ether oxygens (including phenoxy) is 1. The van der Waals surface area contributed by atoms with E-state index in [1.54, 1.807) is 42.3 Å². The van der Waals surface area contributed by atoms with Crippen LogP contribution in [0.3, 0.4) is 0 Å². The van der Waals surface area contributed by atoms with Crippen molar-refractivity contribution >= 4 is 23.2 Å². The Morgan fingerprint density at radius 3 is 2.62 bits per heavy atom. The molecule has 1 atom stereocenters. The highest BCUT2D eigenvalue weighted by molar-refractivity contribution is 6.09. The summed E-state index contributed by atoms with van der Waals surface area (Å²) in [4.78, 5) is 31.7. The lowest BCUT2D eigenvalue weighted by molar-refractivity contribution is 0.0976. The van der Waals surface area contributed by atoms with Crippen LogP contribution in [0.15, 0.2) is 66.9 Å². The number of fused-ring (bicyclic) bond motifs is 1. The maximum Gasteiger partial charge on any atom is 0.277 e. The summed E-state index contributed by atoms with van der Waals surface area (Å²) >= 11 is 0. The molecule has 0 saturated carbocycles. The standard InChI is InChI=1S/C23H21N3O3/c1-15-13-16-5-3-4-6-21(16)26(15)23(28)20-14-17(11-12-24-20)22(27)25-18-7-9-19(29-2)10-8-18/h3-12,14-15H,13H2,1-2H3,(H,25,27). The van der Waals surface area contributed by atoms with Gasteiger partial charge in [-0.2, -0.15) is 0 Å². The minimum Gasteiger partial charge on any atom is -0.497 e. The third kappa shape index (κ3) is 3.69. The molecular weight excluding hydrogens is 366 g/mol. The number of nitrogens with zero attached hydrogens (tertiary/aromatic N) is 2. The first-order valence-electron chi connectivity index (χ1n) is 9.40. The van der Waals surface area contributed by atoms with Gasteiger partial charge >= 0.3 is 0 Å². The van der Waals surface area contributed by atoms with Gasteiger partial charge in [0.2, 0.25) is 0 Å². The molecular formula is C23H21N3O3. The van der Waals surface area contributed by atoms with Gasteiger partial charge in [0, 0.05) is 29.2 Å². The molecule has 0 radical (unpaired) electrons. The summed E-state index contributed by atoms with van der Waals surface area (Å²) in [6, 6.07) is 18.1.